The number of nitrogens with zero attached hydrogens (tertiary/aromatic N) is 2. The lowest BCUT2D eigenvalue weighted by Gasteiger charge is -2.14. The minimum atomic E-state index is -0.874. The van der Waals surface area contributed by atoms with Crippen LogP contribution in [0.25, 0.3) is 10.9 Å². The highest BCUT2D eigenvalue weighted by molar-refractivity contribution is 5.91. The van der Waals surface area contributed by atoms with E-state index < -0.39 is 12.0 Å². The SMILES string of the molecule is CCc1ccc2ncnc(NC(CC)C(=O)O)c2c1. The van der Waals surface area contributed by atoms with Gasteiger partial charge in [0.05, 0.1) is 5.52 Å². The molecule has 0 bridgehead atoms. The molecule has 2 rings (SSSR count). The minimum absolute atomic E-state index is 0.494. The third kappa shape index (κ3) is 2.81. The third-order valence-corrected chi connectivity index (χ3v) is 3.13. The maximum atomic E-state index is 11.1. The Kier molecular flexibility index (Phi) is 3.94. The van der Waals surface area contributed by atoms with Crippen molar-refractivity contribution >= 4 is 22.7 Å². The van der Waals surface area contributed by atoms with Gasteiger partial charge in [-0.1, -0.05) is 19.9 Å². The molecule has 1 aromatic carbocycles. The number of aryl methyl sites for hydroxylation is 1. The van der Waals surface area contributed by atoms with E-state index >= 15 is 0 Å². The smallest absolute Gasteiger partial charge is 0.326 e. The molecule has 19 heavy (non-hydrogen) atoms. The van der Waals surface area contributed by atoms with Gasteiger partial charge in [-0.15, -0.1) is 0 Å². The summed E-state index contributed by atoms with van der Waals surface area (Å²) in [6, 6.07) is 5.33. The standard InChI is InChI=1S/C14H17N3O2/c1-3-9-5-6-12-10(7-9)13(16-8-15-12)17-11(4-2)14(18)19/h5-8,11H,3-4H2,1-2H3,(H,18,19)(H,15,16,17). The van der Waals surface area contributed by atoms with Crippen molar-refractivity contribution in [2.24, 2.45) is 0 Å². The molecule has 1 aromatic heterocycles. The largest absolute Gasteiger partial charge is 0.480 e. The van der Waals surface area contributed by atoms with E-state index in [9.17, 15) is 4.79 Å². The molecule has 0 amide bonds. The quantitative estimate of drug-likeness (QED) is 0.862. The monoisotopic (exact) mass is 259 g/mol. The molecule has 0 aliphatic heterocycles. The van der Waals surface area contributed by atoms with Gasteiger partial charge >= 0.3 is 5.97 Å². The molecule has 5 nitrogen and oxygen atoms in total. The first kappa shape index (κ1) is 13.3. The molecule has 1 atom stereocenters. The van der Waals surface area contributed by atoms with E-state index in [0.29, 0.717) is 12.2 Å². The average molecular weight is 259 g/mol. The summed E-state index contributed by atoms with van der Waals surface area (Å²) in [6.07, 6.45) is 2.86. The lowest BCUT2D eigenvalue weighted by Crippen LogP contribution is -2.28. The van der Waals surface area contributed by atoms with Crippen LogP contribution >= 0.6 is 0 Å². The molecule has 0 radical (unpaired) electrons. The normalized spacial score (nSPS) is 12.3. The predicted molar refractivity (Wildman–Crippen MR) is 74.3 cm³/mol. The first-order valence-corrected chi connectivity index (χ1v) is 6.38. The highest BCUT2D eigenvalue weighted by Gasteiger charge is 2.16. The number of benzene rings is 1. The Labute approximate surface area is 111 Å². The van der Waals surface area contributed by atoms with Crippen LogP contribution in [-0.4, -0.2) is 27.1 Å². The Balaban J connectivity index is 2.44. The van der Waals surface area contributed by atoms with Crippen molar-refractivity contribution in [3.05, 3.63) is 30.1 Å². The van der Waals surface area contributed by atoms with E-state index in [1.54, 1.807) is 0 Å². The third-order valence-electron chi connectivity index (χ3n) is 3.13. The van der Waals surface area contributed by atoms with E-state index in [2.05, 4.69) is 22.2 Å². The van der Waals surface area contributed by atoms with Gasteiger partial charge in [-0.3, -0.25) is 0 Å². The first-order chi connectivity index (χ1) is 9.15. The molecular formula is C14H17N3O2. The van der Waals surface area contributed by atoms with Gasteiger partial charge in [0.15, 0.2) is 0 Å². The number of aliphatic carboxylic acids is 1. The summed E-state index contributed by atoms with van der Waals surface area (Å²) in [5.74, 6) is -0.296. The lowest BCUT2D eigenvalue weighted by molar-refractivity contribution is -0.137. The minimum Gasteiger partial charge on any atom is -0.480 e. The van der Waals surface area contributed by atoms with Crippen LogP contribution < -0.4 is 5.32 Å². The summed E-state index contributed by atoms with van der Waals surface area (Å²) in [6.45, 7) is 3.90. The van der Waals surface area contributed by atoms with Crippen molar-refractivity contribution in [2.45, 2.75) is 32.7 Å². The fraction of sp³-hybridized carbons (Fsp3) is 0.357. The van der Waals surface area contributed by atoms with Gasteiger partial charge in [-0.25, -0.2) is 14.8 Å². The van der Waals surface area contributed by atoms with Crippen LogP contribution in [0.3, 0.4) is 0 Å². The Bertz CT molecular complexity index is 598. The number of anilines is 1. The molecule has 2 N–H and O–H groups in total. The Morgan fingerprint density at radius 1 is 1.37 bits per heavy atom. The van der Waals surface area contributed by atoms with E-state index in [4.69, 9.17) is 5.11 Å². The topological polar surface area (TPSA) is 75.1 Å². The molecule has 2 aromatic rings. The molecular weight excluding hydrogens is 242 g/mol. The molecule has 5 heteroatoms. The van der Waals surface area contributed by atoms with Crippen molar-refractivity contribution in [2.75, 3.05) is 5.32 Å². The van der Waals surface area contributed by atoms with Gasteiger partial charge in [0, 0.05) is 5.39 Å². The zero-order valence-corrected chi connectivity index (χ0v) is 11.1. The van der Waals surface area contributed by atoms with Crippen molar-refractivity contribution in [1.29, 1.82) is 0 Å². The van der Waals surface area contributed by atoms with Crippen LogP contribution in [0.5, 0.6) is 0 Å². The second kappa shape index (κ2) is 5.65. The highest BCUT2D eigenvalue weighted by atomic mass is 16.4. The van der Waals surface area contributed by atoms with Gasteiger partial charge in [0.25, 0.3) is 0 Å². The summed E-state index contributed by atoms with van der Waals surface area (Å²) in [7, 11) is 0. The number of hydrogen-bond acceptors (Lipinski definition) is 4. The summed E-state index contributed by atoms with van der Waals surface area (Å²) < 4.78 is 0. The zero-order chi connectivity index (χ0) is 13.8. The van der Waals surface area contributed by atoms with E-state index in [1.807, 2.05) is 25.1 Å². The summed E-state index contributed by atoms with van der Waals surface area (Å²) in [5, 5.41) is 12.9. The molecule has 1 heterocycles. The van der Waals surface area contributed by atoms with E-state index in [1.165, 1.54) is 11.9 Å². The number of nitrogens with one attached hydrogen (secondary N) is 1. The average Bonchev–Trinajstić information content (AvgIpc) is 2.43. The maximum absolute atomic E-state index is 11.1. The number of rotatable bonds is 5. The number of carboxylic acid groups (broad SMARTS) is 1. The lowest BCUT2D eigenvalue weighted by atomic mass is 10.1. The summed E-state index contributed by atoms with van der Waals surface area (Å²) in [4.78, 5) is 19.5. The fourth-order valence-corrected chi connectivity index (χ4v) is 1.94. The van der Waals surface area contributed by atoms with Gasteiger partial charge in [-0.2, -0.15) is 0 Å². The summed E-state index contributed by atoms with van der Waals surface area (Å²) >= 11 is 0. The van der Waals surface area contributed by atoms with Gasteiger partial charge in [0.1, 0.15) is 18.2 Å². The Morgan fingerprint density at radius 3 is 2.79 bits per heavy atom. The van der Waals surface area contributed by atoms with Crippen molar-refractivity contribution in [3.8, 4) is 0 Å². The van der Waals surface area contributed by atoms with Crippen molar-refractivity contribution < 1.29 is 9.90 Å². The number of carboxylic acids is 1. The molecule has 0 spiro atoms. The number of hydrogen-bond donors (Lipinski definition) is 2. The summed E-state index contributed by atoms with van der Waals surface area (Å²) in [5.41, 5.74) is 1.99. The van der Waals surface area contributed by atoms with Crippen LogP contribution in [0.4, 0.5) is 5.82 Å². The second-order valence-corrected chi connectivity index (χ2v) is 4.37. The zero-order valence-electron chi connectivity index (χ0n) is 11.1. The molecule has 0 aliphatic rings. The predicted octanol–water partition coefficient (Wildman–Crippen LogP) is 2.47. The van der Waals surface area contributed by atoms with Crippen LogP contribution in [0.2, 0.25) is 0 Å². The Morgan fingerprint density at radius 2 is 2.16 bits per heavy atom. The van der Waals surface area contributed by atoms with Crippen LogP contribution in [-0.2, 0) is 11.2 Å². The molecule has 0 aliphatic carbocycles. The number of carbonyl (C=O) groups is 1. The fourth-order valence-electron chi connectivity index (χ4n) is 1.94. The van der Waals surface area contributed by atoms with Gasteiger partial charge in [0.2, 0.25) is 0 Å². The highest BCUT2D eigenvalue weighted by Crippen LogP contribution is 2.22. The van der Waals surface area contributed by atoms with Crippen LogP contribution in [0, 0.1) is 0 Å². The van der Waals surface area contributed by atoms with Crippen molar-refractivity contribution in [3.63, 3.8) is 0 Å². The molecule has 0 saturated carbocycles. The number of fused-ring (bicyclic) bond motifs is 1. The van der Waals surface area contributed by atoms with E-state index in [0.717, 1.165) is 17.3 Å². The molecule has 0 saturated heterocycles. The van der Waals surface area contributed by atoms with Crippen LogP contribution in [0.15, 0.2) is 24.5 Å². The van der Waals surface area contributed by atoms with Crippen molar-refractivity contribution in [1.82, 2.24) is 9.97 Å². The van der Waals surface area contributed by atoms with Gasteiger partial charge in [-0.05, 0) is 30.5 Å². The molecule has 100 valence electrons. The number of aromatic nitrogens is 2. The Hall–Kier alpha value is -2.17. The van der Waals surface area contributed by atoms with E-state index in [-0.39, 0.29) is 0 Å². The maximum Gasteiger partial charge on any atom is 0.326 e. The van der Waals surface area contributed by atoms with Gasteiger partial charge < -0.3 is 10.4 Å². The first-order valence-electron chi connectivity index (χ1n) is 6.38. The van der Waals surface area contributed by atoms with Crippen LogP contribution in [0.1, 0.15) is 25.8 Å². The molecule has 1 unspecified atom stereocenters. The molecule has 0 fully saturated rings. The second-order valence-electron chi connectivity index (χ2n) is 4.37.